The minimum absolute atomic E-state index is 0.188. The maximum absolute atomic E-state index is 12.3. The van der Waals surface area contributed by atoms with Crippen molar-refractivity contribution >= 4 is 28.2 Å². The Morgan fingerprint density at radius 3 is 2.71 bits per heavy atom. The van der Waals surface area contributed by atoms with Gasteiger partial charge in [0.25, 0.3) is 5.91 Å². The normalized spacial score (nSPS) is 21.3. The summed E-state index contributed by atoms with van der Waals surface area (Å²) < 4.78 is 10.5. The zero-order valence-corrected chi connectivity index (χ0v) is 13.6. The number of nitrogens with one attached hydrogen (secondary N) is 1. The third-order valence-electron chi connectivity index (χ3n) is 3.75. The second-order valence-electron chi connectivity index (χ2n) is 5.25. The monoisotopic (exact) mass is 311 g/mol. The van der Waals surface area contributed by atoms with E-state index in [4.69, 9.17) is 9.47 Å². The van der Waals surface area contributed by atoms with Crippen LogP contribution in [0.1, 0.15) is 41.1 Å². The number of carbonyl (C=O) groups is 2. The van der Waals surface area contributed by atoms with E-state index >= 15 is 0 Å². The molecule has 1 amide bonds. The third-order valence-corrected chi connectivity index (χ3v) is 4.87. The van der Waals surface area contributed by atoms with Crippen LogP contribution in [0.5, 0.6) is 0 Å². The molecule has 5 nitrogen and oxygen atoms in total. The van der Waals surface area contributed by atoms with Gasteiger partial charge < -0.3 is 14.8 Å². The molecule has 116 valence electrons. The Labute approximate surface area is 128 Å². The average molecular weight is 311 g/mol. The fourth-order valence-electron chi connectivity index (χ4n) is 2.38. The highest BCUT2D eigenvalue weighted by molar-refractivity contribution is 7.16. The Morgan fingerprint density at radius 2 is 2.14 bits per heavy atom. The van der Waals surface area contributed by atoms with E-state index in [0.717, 1.165) is 16.9 Å². The van der Waals surface area contributed by atoms with Crippen molar-refractivity contribution in [2.24, 2.45) is 5.92 Å². The number of carbonyl (C=O) groups excluding carboxylic acids is 2. The van der Waals surface area contributed by atoms with Gasteiger partial charge in [-0.3, -0.25) is 4.79 Å². The van der Waals surface area contributed by atoms with Gasteiger partial charge in [0.15, 0.2) is 0 Å². The van der Waals surface area contributed by atoms with Crippen LogP contribution in [0.4, 0.5) is 5.00 Å². The minimum Gasteiger partial charge on any atom is -0.462 e. The van der Waals surface area contributed by atoms with Gasteiger partial charge in [0.1, 0.15) is 11.1 Å². The average Bonchev–Trinajstić information content (AvgIpc) is 2.95. The summed E-state index contributed by atoms with van der Waals surface area (Å²) in [6.45, 7) is 8.46. The first-order valence-electron chi connectivity index (χ1n) is 7.15. The van der Waals surface area contributed by atoms with Crippen molar-refractivity contribution in [3.05, 3.63) is 16.0 Å². The Bertz CT molecular complexity index is 552. The Morgan fingerprint density at radius 1 is 1.43 bits per heavy atom. The zero-order valence-electron chi connectivity index (χ0n) is 12.8. The molecule has 2 atom stereocenters. The molecule has 1 fully saturated rings. The molecule has 0 aromatic carbocycles. The fraction of sp³-hybridized carbons (Fsp3) is 0.600. The molecule has 21 heavy (non-hydrogen) atoms. The Hall–Kier alpha value is -1.40. The molecule has 0 aliphatic carbocycles. The molecule has 1 N–H and O–H groups in total. The van der Waals surface area contributed by atoms with Crippen molar-refractivity contribution in [2.75, 3.05) is 18.5 Å². The summed E-state index contributed by atoms with van der Waals surface area (Å²) in [5.74, 6) is -0.389. The molecule has 0 bridgehead atoms. The van der Waals surface area contributed by atoms with E-state index in [1.165, 1.54) is 11.3 Å². The fourth-order valence-corrected chi connectivity index (χ4v) is 3.43. The minimum atomic E-state index is -0.442. The van der Waals surface area contributed by atoms with Gasteiger partial charge in [-0.25, -0.2) is 4.79 Å². The van der Waals surface area contributed by atoms with Crippen molar-refractivity contribution in [3.63, 3.8) is 0 Å². The predicted molar refractivity (Wildman–Crippen MR) is 81.9 cm³/mol. The van der Waals surface area contributed by atoms with Crippen LogP contribution >= 0.6 is 11.3 Å². The van der Waals surface area contributed by atoms with Crippen LogP contribution in [0.3, 0.4) is 0 Å². The van der Waals surface area contributed by atoms with Gasteiger partial charge in [0.05, 0.1) is 12.2 Å². The molecule has 0 saturated carbocycles. The number of hydrogen-bond donors (Lipinski definition) is 1. The number of hydrogen-bond acceptors (Lipinski definition) is 5. The van der Waals surface area contributed by atoms with Crippen molar-refractivity contribution in [1.29, 1.82) is 0 Å². The molecule has 0 spiro atoms. The second-order valence-corrected chi connectivity index (χ2v) is 6.48. The van der Waals surface area contributed by atoms with Gasteiger partial charge in [0, 0.05) is 11.5 Å². The maximum Gasteiger partial charge on any atom is 0.341 e. The quantitative estimate of drug-likeness (QED) is 0.868. The molecular formula is C15H21NO4S. The first-order chi connectivity index (χ1) is 9.95. The molecule has 0 radical (unpaired) electrons. The van der Waals surface area contributed by atoms with Crippen LogP contribution in [0.15, 0.2) is 0 Å². The van der Waals surface area contributed by atoms with Crippen molar-refractivity contribution < 1.29 is 19.1 Å². The predicted octanol–water partition coefficient (Wildman–Crippen LogP) is 2.91. The summed E-state index contributed by atoms with van der Waals surface area (Å²) in [5, 5.41) is 3.39. The lowest BCUT2D eigenvalue weighted by atomic mass is 10.0. The van der Waals surface area contributed by atoms with Gasteiger partial charge >= 0.3 is 5.97 Å². The number of amides is 1. The molecule has 2 rings (SSSR count). The molecular weight excluding hydrogens is 290 g/mol. The van der Waals surface area contributed by atoms with Crippen LogP contribution < -0.4 is 5.32 Å². The standard InChI is InChI=1S/C15H21NO4S/c1-5-19-15(18)11-9(3)10(4)21-14(11)16-13(17)12-8(2)6-7-20-12/h8,12H,5-7H2,1-4H3,(H,16,17). The van der Waals surface area contributed by atoms with Crippen LogP contribution in [0.25, 0.3) is 0 Å². The van der Waals surface area contributed by atoms with Crippen LogP contribution in [-0.4, -0.2) is 31.2 Å². The molecule has 1 aromatic rings. The topological polar surface area (TPSA) is 64.6 Å². The van der Waals surface area contributed by atoms with Crippen LogP contribution in [0, 0.1) is 19.8 Å². The number of anilines is 1. The SMILES string of the molecule is CCOC(=O)c1c(NC(=O)C2OCCC2C)sc(C)c1C. The number of rotatable bonds is 4. The molecule has 2 unspecified atom stereocenters. The lowest BCUT2D eigenvalue weighted by Crippen LogP contribution is -2.31. The number of esters is 1. The summed E-state index contributed by atoms with van der Waals surface area (Å²) in [7, 11) is 0. The highest BCUT2D eigenvalue weighted by Gasteiger charge is 2.32. The van der Waals surface area contributed by atoms with E-state index in [0.29, 0.717) is 23.8 Å². The smallest absolute Gasteiger partial charge is 0.341 e. The molecule has 1 aliphatic heterocycles. The maximum atomic E-state index is 12.3. The Balaban J connectivity index is 2.21. The van der Waals surface area contributed by atoms with Crippen LogP contribution in [0.2, 0.25) is 0 Å². The summed E-state index contributed by atoms with van der Waals surface area (Å²) in [6.07, 6.45) is 0.438. The first kappa shape index (κ1) is 16.0. The van der Waals surface area contributed by atoms with Gasteiger partial charge in [0.2, 0.25) is 0 Å². The molecule has 1 aliphatic rings. The summed E-state index contributed by atoms with van der Waals surface area (Å²) in [6, 6.07) is 0. The highest BCUT2D eigenvalue weighted by atomic mass is 32.1. The van der Waals surface area contributed by atoms with Crippen molar-refractivity contribution in [2.45, 2.75) is 40.2 Å². The molecule has 1 saturated heterocycles. The largest absolute Gasteiger partial charge is 0.462 e. The zero-order chi connectivity index (χ0) is 15.6. The van der Waals surface area contributed by atoms with Gasteiger partial charge in [-0.15, -0.1) is 11.3 Å². The lowest BCUT2D eigenvalue weighted by molar-refractivity contribution is -0.126. The Kier molecular flexibility index (Phi) is 5.00. The van der Waals surface area contributed by atoms with Crippen LogP contribution in [-0.2, 0) is 14.3 Å². The third kappa shape index (κ3) is 3.27. The molecule has 6 heteroatoms. The first-order valence-corrected chi connectivity index (χ1v) is 7.96. The molecule has 1 aromatic heterocycles. The van der Waals surface area contributed by atoms with E-state index < -0.39 is 12.1 Å². The number of aryl methyl sites for hydroxylation is 1. The molecule has 2 heterocycles. The number of thiophene rings is 1. The van der Waals surface area contributed by atoms with E-state index in [1.807, 2.05) is 20.8 Å². The van der Waals surface area contributed by atoms with Crippen molar-refractivity contribution in [3.8, 4) is 0 Å². The summed E-state index contributed by atoms with van der Waals surface area (Å²) in [5.41, 5.74) is 1.31. The van der Waals surface area contributed by atoms with E-state index in [2.05, 4.69) is 5.32 Å². The second kappa shape index (κ2) is 6.58. The highest BCUT2D eigenvalue weighted by Crippen LogP contribution is 2.34. The summed E-state index contributed by atoms with van der Waals surface area (Å²) in [4.78, 5) is 25.4. The lowest BCUT2D eigenvalue weighted by Gasteiger charge is -2.14. The van der Waals surface area contributed by atoms with E-state index in [-0.39, 0.29) is 11.8 Å². The summed E-state index contributed by atoms with van der Waals surface area (Å²) >= 11 is 1.40. The van der Waals surface area contributed by atoms with Crippen molar-refractivity contribution in [1.82, 2.24) is 0 Å². The van der Waals surface area contributed by atoms with E-state index in [9.17, 15) is 9.59 Å². The van der Waals surface area contributed by atoms with Gasteiger partial charge in [-0.05, 0) is 38.7 Å². The van der Waals surface area contributed by atoms with Gasteiger partial charge in [-0.2, -0.15) is 0 Å². The van der Waals surface area contributed by atoms with Gasteiger partial charge in [-0.1, -0.05) is 6.92 Å². The number of ether oxygens (including phenoxy) is 2. The van der Waals surface area contributed by atoms with E-state index in [1.54, 1.807) is 6.92 Å².